The number of pyridine rings is 1. The van der Waals surface area contributed by atoms with Crippen LogP contribution in [0.3, 0.4) is 0 Å². The van der Waals surface area contributed by atoms with Crippen LogP contribution in [0.15, 0.2) is 66.9 Å². The zero-order valence-electron chi connectivity index (χ0n) is 14.8. The summed E-state index contributed by atoms with van der Waals surface area (Å²) < 4.78 is 0. The van der Waals surface area contributed by atoms with Crippen molar-refractivity contribution < 1.29 is 9.59 Å². The van der Waals surface area contributed by atoms with Crippen molar-refractivity contribution in [1.29, 1.82) is 0 Å². The number of rotatable bonds is 6. The minimum absolute atomic E-state index is 0.164. The van der Waals surface area contributed by atoms with Gasteiger partial charge in [0.15, 0.2) is 0 Å². The van der Waals surface area contributed by atoms with Crippen LogP contribution in [0.2, 0.25) is 10.0 Å². The summed E-state index contributed by atoms with van der Waals surface area (Å²) in [5.74, 6) is -0.671. The van der Waals surface area contributed by atoms with Crippen molar-refractivity contribution in [3.8, 4) is 0 Å². The van der Waals surface area contributed by atoms with Crippen molar-refractivity contribution >= 4 is 35.0 Å². The molecule has 0 saturated heterocycles. The Morgan fingerprint density at radius 1 is 0.786 bits per heavy atom. The van der Waals surface area contributed by atoms with Crippen molar-refractivity contribution in [3.05, 3.63) is 99.3 Å². The van der Waals surface area contributed by atoms with Gasteiger partial charge < -0.3 is 10.6 Å². The Kier molecular flexibility index (Phi) is 6.63. The molecule has 0 saturated carbocycles. The van der Waals surface area contributed by atoms with Crippen LogP contribution < -0.4 is 10.6 Å². The van der Waals surface area contributed by atoms with Crippen molar-refractivity contribution in [1.82, 2.24) is 15.6 Å². The number of nitrogens with zero attached hydrogens (tertiary/aromatic N) is 1. The zero-order chi connectivity index (χ0) is 19.9. The van der Waals surface area contributed by atoms with Gasteiger partial charge >= 0.3 is 0 Å². The Morgan fingerprint density at radius 3 is 1.93 bits per heavy atom. The molecule has 0 aliphatic rings. The molecule has 3 aromatic rings. The summed E-state index contributed by atoms with van der Waals surface area (Å²) in [4.78, 5) is 28.8. The molecule has 142 valence electrons. The fraction of sp³-hybridized carbons (Fsp3) is 0.0952. The summed E-state index contributed by atoms with van der Waals surface area (Å²) in [6.45, 7) is 0.643. The minimum Gasteiger partial charge on any atom is -0.348 e. The van der Waals surface area contributed by atoms with Crippen LogP contribution in [-0.2, 0) is 13.1 Å². The Hall–Kier alpha value is -2.89. The standard InChI is InChI=1S/C21H17Cl2N3O2/c22-17-5-1-3-14(9-17)12-25-20(27)16-7-8-24-19(11-16)21(28)26-13-15-4-2-6-18(23)10-15/h1-11H,12-13H2,(H,25,27)(H,26,28). The lowest BCUT2D eigenvalue weighted by molar-refractivity contribution is 0.0946. The largest absolute Gasteiger partial charge is 0.348 e. The number of aromatic nitrogens is 1. The third kappa shape index (κ3) is 5.55. The van der Waals surface area contributed by atoms with Crippen molar-refractivity contribution in [2.45, 2.75) is 13.1 Å². The first-order valence-corrected chi connectivity index (χ1v) is 9.28. The third-order valence-corrected chi connectivity index (χ3v) is 4.41. The number of benzene rings is 2. The lowest BCUT2D eigenvalue weighted by Crippen LogP contribution is -2.26. The molecule has 3 rings (SSSR count). The molecule has 2 N–H and O–H groups in total. The number of carbonyl (C=O) groups excluding carboxylic acids is 2. The molecule has 1 heterocycles. The highest BCUT2D eigenvalue weighted by atomic mass is 35.5. The van der Waals surface area contributed by atoms with Crippen LogP contribution in [-0.4, -0.2) is 16.8 Å². The Bertz CT molecular complexity index is 931. The highest BCUT2D eigenvalue weighted by molar-refractivity contribution is 6.30. The number of carbonyl (C=O) groups is 2. The quantitative estimate of drug-likeness (QED) is 0.634. The summed E-state index contributed by atoms with van der Waals surface area (Å²) in [5.41, 5.74) is 2.27. The highest BCUT2D eigenvalue weighted by Crippen LogP contribution is 2.12. The van der Waals surface area contributed by atoms with Crippen LogP contribution in [0.25, 0.3) is 0 Å². The molecule has 5 nitrogen and oxygen atoms in total. The number of amides is 2. The lowest BCUT2D eigenvalue weighted by atomic mass is 10.2. The van der Waals surface area contributed by atoms with Crippen molar-refractivity contribution in [3.63, 3.8) is 0 Å². The summed E-state index contributed by atoms with van der Waals surface area (Å²) in [6.07, 6.45) is 1.43. The van der Waals surface area contributed by atoms with Crippen LogP contribution in [0.4, 0.5) is 0 Å². The van der Waals surface area contributed by atoms with Gasteiger partial charge in [-0.1, -0.05) is 47.5 Å². The molecule has 0 fully saturated rings. The highest BCUT2D eigenvalue weighted by Gasteiger charge is 2.12. The summed E-state index contributed by atoms with van der Waals surface area (Å²) >= 11 is 11.9. The second kappa shape index (κ2) is 9.35. The van der Waals surface area contributed by atoms with E-state index in [1.54, 1.807) is 30.3 Å². The molecule has 0 aliphatic carbocycles. The Balaban J connectivity index is 1.60. The van der Waals surface area contributed by atoms with Crippen LogP contribution in [0.1, 0.15) is 32.0 Å². The van der Waals surface area contributed by atoms with Crippen molar-refractivity contribution in [2.75, 3.05) is 0 Å². The molecule has 0 bridgehead atoms. The summed E-state index contributed by atoms with van der Waals surface area (Å²) in [6, 6.07) is 17.5. The van der Waals surface area contributed by atoms with Gasteiger partial charge in [-0.15, -0.1) is 0 Å². The second-order valence-corrected chi connectivity index (χ2v) is 6.93. The van der Waals surface area contributed by atoms with Crippen molar-refractivity contribution in [2.24, 2.45) is 0 Å². The molecule has 0 spiro atoms. The van der Waals surface area contributed by atoms with E-state index >= 15 is 0 Å². The molecule has 0 radical (unpaired) electrons. The fourth-order valence-electron chi connectivity index (χ4n) is 2.55. The number of halogens is 2. The van der Waals surface area contributed by atoms with Gasteiger partial charge in [0.05, 0.1) is 0 Å². The molecule has 0 atom stereocenters. The van der Waals surface area contributed by atoms with E-state index in [2.05, 4.69) is 15.6 Å². The molecular weight excluding hydrogens is 397 g/mol. The maximum absolute atomic E-state index is 12.4. The van der Waals surface area contributed by atoms with E-state index in [0.29, 0.717) is 28.7 Å². The topological polar surface area (TPSA) is 71.1 Å². The molecule has 0 aliphatic heterocycles. The van der Waals surface area contributed by atoms with Gasteiger partial charge in [-0.2, -0.15) is 0 Å². The van der Waals surface area contributed by atoms with Gasteiger partial charge in [0, 0.05) is 34.9 Å². The fourth-order valence-corrected chi connectivity index (χ4v) is 2.97. The van der Waals surface area contributed by atoms with E-state index in [9.17, 15) is 9.59 Å². The van der Waals surface area contributed by atoms with Gasteiger partial charge in [0.2, 0.25) is 0 Å². The molecule has 0 unspecified atom stereocenters. The van der Waals surface area contributed by atoms with Gasteiger partial charge in [-0.25, -0.2) is 0 Å². The number of hydrogen-bond donors (Lipinski definition) is 2. The van der Waals surface area contributed by atoms with Crippen LogP contribution in [0.5, 0.6) is 0 Å². The molecule has 7 heteroatoms. The number of hydrogen-bond acceptors (Lipinski definition) is 3. The zero-order valence-corrected chi connectivity index (χ0v) is 16.3. The Morgan fingerprint density at radius 2 is 1.36 bits per heavy atom. The SMILES string of the molecule is O=C(NCc1cccc(Cl)c1)c1ccnc(C(=O)NCc2cccc(Cl)c2)c1. The average molecular weight is 414 g/mol. The predicted octanol–water partition coefficient (Wildman–Crippen LogP) is 4.25. The first kappa shape index (κ1) is 19.9. The van der Waals surface area contributed by atoms with Crippen LogP contribution >= 0.6 is 23.2 Å². The van der Waals surface area contributed by atoms with Gasteiger partial charge in [-0.3, -0.25) is 14.6 Å². The van der Waals surface area contributed by atoms with Crippen LogP contribution in [0, 0.1) is 0 Å². The normalized spacial score (nSPS) is 10.4. The molecular formula is C21H17Cl2N3O2. The molecule has 2 amide bonds. The third-order valence-electron chi connectivity index (χ3n) is 3.94. The predicted molar refractivity (Wildman–Crippen MR) is 109 cm³/mol. The maximum Gasteiger partial charge on any atom is 0.270 e. The summed E-state index contributed by atoms with van der Waals surface area (Å²) in [7, 11) is 0. The minimum atomic E-state index is -0.371. The summed E-state index contributed by atoms with van der Waals surface area (Å²) in [5, 5.41) is 6.77. The second-order valence-electron chi connectivity index (χ2n) is 6.05. The van der Waals surface area contributed by atoms with E-state index in [-0.39, 0.29) is 17.5 Å². The first-order valence-electron chi connectivity index (χ1n) is 8.52. The van der Waals surface area contributed by atoms with Gasteiger partial charge in [-0.05, 0) is 47.5 Å². The van der Waals surface area contributed by atoms with E-state index in [1.807, 2.05) is 24.3 Å². The van der Waals surface area contributed by atoms with E-state index in [1.165, 1.54) is 12.3 Å². The molecule has 1 aromatic heterocycles. The monoisotopic (exact) mass is 413 g/mol. The molecule has 2 aromatic carbocycles. The maximum atomic E-state index is 12.4. The average Bonchev–Trinajstić information content (AvgIpc) is 2.70. The lowest BCUT2D eigenvalue weighted by Gasteiger charge is -2.08. The van der Waals surface area contributed by atoms with Gasteiger partial charge in [0.1, 0.15) is 5.69 Å². The van der Waals surface area contributed by atoms with E-state index in [0.717, 1.165) is 11.1 Å². The van der Waals surface area contributed by atoms with E-state index < -0.39 is 0 Å². The first-order chi connectivity index (χ1) is 13.5. The Labute approximate surface area is 172 Å². The van der Waals surface area contributed by atoms with E-state index in [4.69, 9.17) is 23.2 Å². The molecule has 28 heavy (non-hydrogen) atoms. The number of nitrogens with one attached hydrogen (secondary N) is 2. The smallest absolute Gasteiger partial charge is 0.270 e. The van der Waals surface area contributed by atoms with Gasteiger partial charge in [0.25, 0.3) is 11.8 Å².